The average Bonchev–Trinajstić information content (AvgIpc) is 2.28. The minimum absolute atomic E-state index is 0.436. The van der Waals surface area contributed by atoms with E-state index in [1.165, 1.54) is 5.56 Å². The van der Waals surface area contributed by atoms with Crippen molar-refractivity contribution in [1.29, 1.82) is 0 Å². The van der Waals surface area contributed by atoms with E-state index >= 15 is 0 Å². The first-order valence-corrected chi connectivity index (χ1v) is 5.89. The maximum atomic E-state index is 5.38. The van der Waals surface area contributed by atoms with E-state index in [2.05, 4.69) is 36.6 Å². The monoisotopic (exact) mass is 220 g/mol. The summed E-state index contributed by atoms with van der Waals surface area (Å²) in [6.07, 6.45) is 1.12. The van der Waals surface area contributed by atoms with Crippen LogP contribution in [0.15, 0.2) is 18.2 Å². The Balaban J connectivity index is 2.31. The summed E-state index contributed by atoms with van der Waals surface area (Å²) in [5.41, 5.74) is 2.47. The summed E-state index contributed by atoms with van der Waals surface area (Å²) in [4.78, 5) is 0. The summed E-state index contributed by atoms with van der Waals surface area (Å²) >= 11 is 0. The van der Waals surface area contributed by atoms with Gasteiger partial charge in [0.25, 0.3) is 0 Å². The van der Waals surface area contributed by atoms with E-state index in [0.29, 0.717) is 12.1 Å². The van der Waals surface area contributed by atoms with Crippen LogP contribution in [0.1, 0.15) is 31.9 Å². The second-order valence-corrected chi connectivity index (χ2v) is 4.51. The third kappa shape index (κ3) is 2.14. The zero-order valence-corrected chi connectivity index (χ0v) is 10.2. The fourth-order valence-electron chi connectivity index (χ4n) is 2.27. The predicted molar refractivity (Wildman–Crippen MR) is 67.1 cm³/mol. The maximum absolute atomic E-state index is 5.38. The molecule has 1 unspecified atom stereocenters. The summed E-state index contributed by atoms with van der Waals surface area (Å²) in [5.74, 6) is 0.938. The van der Waals surface area contributed by atoms with Crippen LogP contribution in [0.4, 0.5) is 5.69 Å². The molecule has 3 nitrogen and oxygen atoms in total. The molecule has 0 saturated carbocycles. The normalized spacial score (nSPS) is 19.1. The first kappa shape index (κ1) is 11.3. The number of hydrogen-bond acceptors (Lipinski definition) is 3. The fourth-order valence-corrected chi connectivity index (χ4v) is 2.27. The Bertz CT molecular complexity index is 363. The van der Waals surface area contributed by atoms with Crippen molar-refractivity contribution in [1.82, 2.24) is 5.32 Å². The van der Waals surface area contributed by atoms with E-state index < -0.39 is 0 Å². The molecule has 0 fully saturated rings. The highest BCUT2D eigenvalue weighted by Gasteiger charge is 2.22. The van der Waals surface area contributed by atoms with Gasteiger partial charge in [0.2, 0.25) is 0 Å². The molecule has 1 aromatic rings. The Labute approximate surface area is 97.2 Å². The molecule has 0 aliphatic carbocycles. The van der Waals surface area contributed by atoms with Crippen LogP contribution in [0.25, 0.3) is 0 Å². The van der Waals surface area contributed by atoms with Crippen molar-refractivity contribution in [3.8, 4) is 5.75 Å². The highest BCUT2D eigenvalue weighted by atomic mass is 16.5. The number of rotatable bonds is 3. The number of anilines is 1. The molecular formula is C13H20N2O. The molecule has 1 aromatic carbocycles. The van der Waals surface area contributed by atoms with Gasteiger partial charge in [-0.25, -0.2) is 0 Å². The molecule has 16 heavy (non-hydrogen) atoms. The third-order valence-electron chi connectivity index (χ3n) is 2.92. The van der Waals surface area contributed by atoms with Gasteiger partial charge in [-0.3, -0.25) is 0 Å². The molecular weight excluding hydrogens is 200 g/mol. The van der Waals surface area contributed by atoms with Crippen molar-refractivity contribution in [3.63, 3.8) is 0 Å². The summed E-state index contributed by atoms with van der Waals surface area (Å²) in [7, 11) is 1.72. The Morgan fingerprint density at radius 1 is 1.44 bits per heavy atom. The van der Waals surface area contributed by atoms with Gasteiger partial charge in [-0.15, -0.1) is 0 Å². The van der Waals surface area contributed by atoms with Crippen LogP contribution in [0.3, 0.4) is 0 Å². The van der Waals surface area contributed by atoms with Crippen LogP contribution in [0.2, 0.25) is 0 Å². The van der Waals surface area contributed by atoms with Crippen LogP contribution in [0.5, 0.6) is 5.75 Å². The van der Waals surface area contributed by atoms with Gasteiger partial charge in [0, 0.05) is 18.6 Å². The lowest BCUT2D eigenvalue weighted by molar-refractivity contribution is 0.409. The van der Waals surface area contributed by atoms with E-state index in [1.807, 2.05) is 6.07 Å². The lowest BCUT2D eigenvalue weighted by Gasteiger charge is -2.30. The van der Waals surface area contributed by atoms with Crippen LogP contribution in [-0.2, 0) is 0 Å². The van der Waals surface area contributed by atoms with Crippen molar-refractivity contribution in [2.45, 2.75) is 32.4 Å². The van der Waals surface area contributed by atoms with Crippen LogP contribution >= 0.6 is 0 Å². The van der Waals surface area contributed by atoms with Gasteiger partial charge in [0.15, 0.2) is 0 Å². The smallest absolute Gasteiger partial charge is 0.142 e. The molecule has 88 valence electrons. The zero-order chi connectivity index (χ0) is 11.5. The zero-order valence-electron chi connectivity index (χ0n) is 10.2. The lowest BCUT2D eigenvalue weighted by atomic mass is 9.97. The first-order valence-electron chi connectivity index (χ1n) is 5.89. The molecule has 1 aliphatic heterocycles. The van der Waals surface area contributed by atoms with Crippen LogP contribution in [-0.4, -0.2) is 19.7 Å². The second kappa shape index (κ2) is 4.74. The minimum atomic E-state index is 0.436. The first-order chi connectivity index (χ1) is 7.72. The molecule has 1 atom stereocenters. The lowest BCUT2D eigenvalue weighted by Crippen LogP contribution is -2.32. The SMILES string of the molecule is COc1cccc2c1NCCC2NC(C)C. The van der Waals surface area contributed by atoms with Crippen molar-refractivity contribution in [3.05, 3.63) is 23.8 Å². The highest BCUT2D eigenvalue weighted by Crippen LogP contribution is 2.36. The number of nitrogens with one attached hydrogen (secondary N) is 2. The number of ether oxygens (including phenoxy) is 1. The number of fused-ring (bicyclic) bond motifs is 1. The minimum Gasteiger partial charge on any atom is -0.495 e. The quantitative estimate of drug-likeness (QED) is 0.821. The number of hydrogen-bond donors (Lipinski definition) is 2. The van der Waals surface area contributed by atoms with Crippen molar-refractivity contribution in [2.75, 3.05) is 19.0 Å². The highest BCUT2D eigenvalue weighted by molar-refractivity contribution is 5.64. The van der Waals surface area contributed by atoms with E-state index in [4.69, 9.17) is 4.74 Å². The van der Waals surface area contributed by atoms with Gasteiger partial charge >= 0.3 is 0 Å². The molecule has 3 heteroatoms. The van der Waals surface area contributed by atoms with Crippen LogP contribution in [0, 0.1) is 0 Å². The van der Waals surface area contributed by atoms with Gasteiger partial charge < -0.3 is 15.4 Å². The molecule has 0 aromatic heterocycles. The molecule has 1 aliphatic rings. The maximum Gasteiger partial charge on any atom is 0.142 e. The fraction of sp³-hybridized carbons (Fsp3) is 0.538. The molecule has 0 saturated heterocycles. The molecule has 0 bridgehead atoms. The summed E-state index contributed by atoms with van der Waals surface area (Å²) in [5, 5.41) is 7.01. The summed E-state index contributed by atoms with van der Waals surface area (Å²) in [6.45, 7) is 5.36. The Morgan fingerprint density at radius 3 is 2.94 bits per heavy atom. The molecule has 0 radical (unpaired) electrons. The molecule has 2 N–H and O–H groups in total. The van der Waals surface area contributed by atoms with Gasteiger partial charge in [0.05, 0.1) is 12.8 Å². The van der Waals surface area contributed by atoms with E-state index in [1.54, 1.807) is 7.11 Å². The summed E-state index contributed by atoms with van der Waals surface area (Å²) in [6, 6.07) is 7.17. The number of benzene rings is 1. The van der Waals surface area contributed by atoms with E-state index in [9.17, 15) is 0 Å². The Hall–Kier alpha value is -1.22. The summed E-state index contributed by atoms with van der Waals surface area (Å²) < 4.78 is 5.38. The van der Waals surface area contributed by atoms with Gasteiger partial charge in [-0.1, -0.05) is 26.0 Å². The molecule has 0 spiro atoms. The van der Waals surface area contributed by atoms with E-state index in [0.717, 1.165) is 24.4 Å². The molecule has 0 amide bonds. The number of methoxy groups -OCH3 is 1. The number of para-hydroxylation sites is 1. The van der Waals surface area contributed by atoms with Crippen molar-refractivity contribution < 1.29 is 4.74 Å². The topological polar surface area (TPSA) is 33.3 Å². The van der Waals surface area contributed by atoms with Crippen molar-refractivity contribution >= 4 is 5.69 Å². The van der Waals surface area contributed by atoms with Gasteiger partial charge in [-0.2, -0.15) is 0 Å². The van der Waals surface area contributed by atoms with E-state index in [-0.39, 0.29) is 0 Å². The van der Waals surface area contributed by atoms with Gasteiger partial charge in [-0.05, 0) is 18.1 Å². The average molecular weight is 220 g/mol. The molecule has 1 heterocycles. The van der Waals surface area contributed by atoms with Crippen LogP contribution < -0.4 is 15.4 Å². The second-order valence-electron chi connectivity index (χ2n) is 4.51. The van der Waals surface area contributed by atoms with Gasteiger partial charge in [0.1, 0.15) is 5.75 Å². The Morgan fingerprint density at radius 2 is 2.25 bits per heavy atom. The molecule has 2 rings (SSSR count). The third-order valence-corrected chi connectivity index (χ3v) is 2.92. The standard InChI is InChI=1S/C13H20N2O/c1-9(2)15-11-7-8-14-13-10(11)5-4-6-12(13)16-3/h4-6,9,11,14-15H,7-8H2,1-3H3. The van der Waals surface area contributed by atoms with Crippen molar-refractivity contribution in [2.24, 2.45) is 0 Å². The predicted octanol–water partition coefficient (Wildman–Crippen LogP) is 2.55. The largest absolute Gasteiger partial charge is 0.495 e. The Kier molecular flexibility index (Phi) is 3.34.